The van der Waals surface area contributed by atoms with Crippen molar-refractivity contribution in [3.8, 4) is 0 Å². The summed E-state index contributed by atoms with van der Waals surface area (Å²) in [6.45, 7) is 1.94. The molecule has 0 saturated carbocycles. The van der Waals surface area contributed by atoms with Crippen LogP contribution in [0.25, 0.3) is 0 Å². The highest BCUT2D eigenvalue weighted by atomic mass is 35.5. The topological polar surface area (TPSA) is 15.6 Å². The van der Waals surface area contributed by atoms with Crippen LogP contribution < -0.4 is 0 Å². The predicted molar refractivity (Wildman–Crippen MR) is 60.1 cm³/mol. The molecule has 1 aromatic carbocycles. The minimum absolute atomic E-state index is 0.829. The highest BCUT2D eigenvalue weighted by Crippen LogP contribution is 2.17. The number of benzene rings is 1. The molecule has 0 fully saturated rings. The summed E-state index contributed by atoms with van der Waals surface area (Å²) >= 11 is 6.08. The van der Waals surface area contributed by atoms with Crippen molar-refractivity contribution in [3.63, 3.8) is 0 Å². The Labute approximate surface area is 89.2 Å². The van der Waals surface area contributed by atoms with Gasteiger partial charge in [0.1, 0.15) is 5.84 Å². The number of hydrogen-bond donors (Lipinski definition) is 0. The van der Waals surface area contributed by atoms with Gasteiger partial charge in [-0.25, -0.2) is 0 Å². The number of nitrogens with zero attached hydrogens (tertiary/aromatic N) is 2. The average Bonchev–Trinajstić information content (AvgIpc) is 2.56. The SMILES string of the molecule is CN1CCN=C1Cc1ccccc1Cl. The van der Waals surface area contributed by atoms with Crippen molar-refractivity contribution in [1.82, 2.24) is 4.90 Å². The Kier molecular flexibility index (Phi) is 2.73. The Morgan fingerprint density at radius 3 is 2.86 bits per heavy atom. The first kappa shape index (κ1) is 9.53. The maximum atomic E-state index is 6.08. The van der Waals surface area contributed by atoms with Crippen molar-refractivity contribution >= 4 is 17.4 Å². The second-order valence-electron chi connectivity index (χ2n) is 3.49. The molecular weight excluding hydrogens is 196 g/mol. The summed E-state index contributed by atoms with van der Waals surface area (Å²) in [5.41, 5.74) is 1.15. The van der Waals surface area contributed by atoms with E-state index >= 15 is 0 Å². The van der Waals surface area contributed by atoms with Gasteiger partial charge in [-0.3, -0.25) is 4.99 Å². The number of likely N-dealkylation sites (N-methyl/N-ethyl adjacent to an activating group) is 1. The van der Waals surface area contributed by atoms with Gasteiger partial charge in [-0.1, -0.05) is 29.8 Å². The third kappa shape index (κ3) is 1.90. The van der Waals surface area contributed by atoms with Crippen LogP contribution in [-0.2, 0) is 6.42 Å². The molecule has 1 heterocycles. The summed E-state index contributed by atoms with van der Waals surface area (Å²) < 4.78 is 0. The molecule has 1 aliphatic rings. The largest absolute Gasteiger partial charge is 0.361 e. The summed E-state index contributed by atoms with van der Waals surface area (Å²) in [5.74, 6) is 1.14. The Morgan fingerprint density at radius 2 is 2.21 bits per heavy atom. The fourth-order valence-electron chi connectivity index (χ4n) is 1.58. The molecule has 2 rings (SSSR count). The molecule has 1 aromatic rings. The molecule has 0 unspecified atom stereocenters. The van der Waals surface area contributed by atoms with E-state index in [1.54, 1.807) is 0 Å². The number of aliphatic imine (C=N–C) groups is 1. The van der Waals surface area contributed by atoms with E-state index < -0.39 is 0 Å². The van der Waals surface area contributed by atoms with Crippen LogP contribution in [0.15, 0.2) is 29.3 Å². The molecule has 0 atom stereocenters. The Bertz CT molecular complexity index is 360. The van der Waals surface area contributed by atoms with Gasteiger partial charge >= 0.3 is 0 Å². The van der Waals surface area contributed by atoms with Crippen LogP contribution in [-0.4, -0.2) is 30.9 Å². The summed E-state index contributed by atoms with van der Waals surface area (Å²) in [5, 5.41) is 0.829. The predicted octanol–water partition coefficient (Wildman–Crippen LogP) is 2.23. The fraction of sp³-hybridized carbons (Fsp3) is 0.364. The van der Waals surface area contributed by atoms with Crippen molar-refractivity contribution in [1.29, 1.82) is 0 Å². The molecular formula is C11H13ClN2. The van der Waals surface area contributed by atoms with Crippen molar-refractivity contribution in [2.75, 3.05) is 20.1 Å². The van der Waals surface area contributed by atoms with Crippen LogP contribution in [0.3, 0.4) is 0 Å². The molecule has 0 aliphatic carbocycles. The summed E-state index contributed by atoms with van der Waals surface area (Å²) in [7, 11) is 2.07. The van der Waals surface area contributed by atoms with Gasteiger partial charge in [0.2, 0.25) is 0 Å². The van der Waals surface area contributed by atoms with E-state index in [2.05, 4.69) is 23.0 Å². The Hall–Kier alpha value is -1.02. The number of amidine groups is 1. The molecule has 3 heteroatoms. The zero-order valence-electron chi connectivity index (χ0n) is 8.20. The normalized spacial score (nSPS) is 15.9. The van der Waals surface area contributed by atoms with Gasteiger partial charge < -0.3 is 4.90 Å². The lowest BCUT2D eigenvalue weighted by atomic mass is 10.1. The van der Waals surface area contributed by atoms with Gasteiger partial charge in [-0.2, -0.15) is 0 Å². The number of rotatable bonds is 2. The Balaban J connectivity index is 2.15. The van der Waals surface area contributed by atoms with Crippen LogP contribution in [0, 0.1) is 0 Å². The molecule has 1 aliphatic heterocycles. The molecule has 0 radical (unpaired) electrons. The van der Waals surface area contributed by atoms with E-state index in [1.165, 1.54) is 0 Å². The second-order valence-corrected chi connectivity index (χ2v) is 3.89. The molecule has 0 saturated heterocycles. The molecule has 0 N–H and O–H groups in total. The van der Waals surface area contributed by atoms with Gasteiger partial charge in [-0.15, -0.1) is 0 Å². The van der Waals surface area contributed by atoms with E-state index in [-0.39, 0.29) is 0 Å². The molecule has 74 valence electrons. The van der Waals surface area contributed by atoms with E-state index in [9.17, 15) is 0 Å². The molecule has 0 aromatic heterocycles. The number of hydrogen-bond acceptors (Lipinski definition) is 2. The minimum atomic E-state index is 0.829. The maximum absolute atomic E-state index is 6.08. The molecule has 0 bridgehead atoms. The Morgan fingerprint density at radius 1 is 1.43 bits per heavy atom. The standard InChI is InChI=1S/C11H13ClN2/c1-14-7-6-13-11(14)8-9-4-2-3-5-10(9)12/h2-5H,6-8H2,1H3. The van der Waals surface area contributed by atoms with Crippen molar-refractivity contribution in [2.45, 2.75) is 6.42 Å². The van der Waals surface area contributed by atoms with Crippen molar-refractivity contribution in [2.24, 2.45) is 4.99 Å². The van der Waals surface area contributed by atoms with E-state index in [4.69, 9.17) is 11.6 Å². The first-order chi connectivity index (χ1) is 6.77. The van der Waals surface area contributed by atoms with Crippen LogP contribution >= 0.6 is 11.6 Å². The third-order valence-corrected chi connectivity index (χ3v) is 2.85. The van der Waals surface area contributed by atoms with E-state index in [0.717, 1.165) is 35.9 Å². The van der Waals surface area contributed by atoms with Gasteiger partial charge in [0, 0.05) is 25.0 Å². The first-order valence-corrected chi connectivity index (χ1v) is 5.13. The summed E-state index contributed by atoms with van der Waals surface area (Å²) in [4.78, 5) is 6.62. The molecule has 0 amide bonds. The summed E-state index contributed by atoms with van der Waals surface area (Å²) in [6, 6.07) is 7.94. The van der Waals surface area contributed by atoms with E-state index in [1.807, 2.05) is 18.2 Å². The lowest BCUT2D eigenvalue weighted by Crippen LogP contribution is -2.24. The maximum Gasteiger partial charge on any atom is 0.103 e. The van der Waals surface area contributed by atoms with Gasteiger partial charge in [0.05, 0.1) is 6.54 Å². The van der Waals surface area contributed by atoms with Crippen LogP contribution in [0.4, 0.5) is 0 Å². The molecule has 0 spiro atoms. The second kappa shape index (κ2) is 4.01. The zero-order valence-corrected chi connectivity index (χ0v) is 8.96. The number of halogens is 1. The van der Waals surface area contributed by atoms with Gasteiger partial charge in [0.15, 0.2) is 0 Å². The van der Waals surface area contributed by atoms with Crippen LogP contribution in [0.1, 0.15) is 5.56 Å². The van der Waals surface area contributed by atoms with Gasteiger partial charge in [-0.05, 0) is 11.6 Å². The fourth-order valence-corrected chi connectivity index (χ4v) is 1.78. The molecule has 2 nitrogen and oxygen atoms in total. The average molecular weight is 209 g/mol. The summed E-state index contributed by atoms with van der Waals surface area (Å²) in [6.07, 6.45) is 0.843. The zero-order chi connectivity index (χ0) is 9.97. The van der Waals surface area contributed by atoms with Crippen molar-refractivity contribution in [3.05, 3.63) is 34.9 Å². The quantitative estimate of drug-likeness (QED) is 0.728. The third-order valence-electron chi connectivity index (χ3n) is 2.48. The molecule has 14 heavy (non-hydrogen) atoms. The van der Waals surface area contributed by atoms with Crippen LogP contribution in [0.5, 0.6) is 0 Å². The minimum Gasteiger partial charge on any atom is -0.361 e. The lowest BCUT2D eigenvalue weighted by Gasteiger charge is -2.14. The highest BCUT2D eigenvalue weighted by molar-refractivity contribution is 6.31. The van der Waals surface area contributed by atoms with Crippen molar-refractivity contribution < 1.29 is 0 Å². The lowest BCUT2D eigenvalue weighted by molar-refractivity contribution is 0.548. The van der Waals surface area contributed by atoms with Gasteiger partial charge in [0.25, 0.3) is 0 Å². The van der Waals surface area contributed by atoms with Crippen LogP contribution in [0.2, 0.25) is 5.02 Å². The smallest absolute Gasteiger partial charge is 0.103 e. The van der Waals surface area contributed by atoms with E-state index in [0.29, 0.717) is 0 Å². The first-order valence-electron chi connectivity index (χ1n) is 4.75. The monoisotopic (exact) mass is 208 g/mol. The highest BCUT2D eigenvalue weighted by Gasteiger charge is 2.13.